The molecule has 1 aromatic heterocycles. The molecule has 3 N–H and O–H groups in total. The molecule has 5 nitrogen and oxygen atoms in total. The van der Waals surface area contributed by atoms with Crippen molar-refractivity contribution in [1.82, 2.24) is 10.3 Å². The van der Waals surface area contributed by atoms with Crippen LogP contribution < -0.4 is 5.32 Å². The minimum absolute atomic E-state index is 0.0326. The summed E-state index contributed by atoms with van der Waals surface area (Å²) in [7, 11) is 0. The molecular formula is C12H18N2O3S. The molecule has 18 heavy (non-hydrogen) atoms. The lowest BCUT2D eigenvalue weighted by Crippen LogP contribution is -2.39. The van der Waals surface area contributed by atoms with Crippen LogP contribution in [-0.4, -0.2) is 45.3 Å². The van der Waals surface area contributed by atoms with Gasteiger partial charge in [0.05, 0.1) is 11.3 Å². The molecule has 1 heterocycles. The van der Waals surface area contributed by atoms with E-state index >= 15 is 0 Å². The van der Waals surface area contributed by atoms with Gasteiger partial charge in [-0.2, -0.15) is 11.8 Å². The lowest BCUT2D eigenvalue weighted by Gasteiger charge is -2.22. The molecule has 0 fully saturated rings. The maximum absolute atomic E-state index is 10.7. The molecule has 1 aromatic rings. The van der Waals surface area contributed by atoms with Crippen LogP contribution in [0.4, 0.5) is 0 Å². The van der Waals surface area contributed by atoms with Crippen LogP contribution in [0, 0.1) is 0 Å². The first-order chi connectivity index (χ1) is 8.44. The standard InChI is InChI=1S/C12H18N2O3S/c1-12(17,8-18-2)7-13-6-9-4-3-5-10(14-9)11(15)16/h3-5,13,17H,6-8H2,1-2H3,(H,15,16). The minimum atomic E-state index is -1.04. The average molecular weight is 270 g/mol. The number of hydrogen-bond donors (Lipinski definition) is 3. The number of carboxylic acid groups (broad SMARTS) is 1. The molecule has 0 amide bonds. The smallest absolute Gasteiger partial charge is 0.354 e. The van der Waals surface area contributed by atoms with Gasteiger partial charge in [-0.3, -0.25) is 0 Å². The number of aliphatic hydroxyl groups is 1. The molecule has 0 radical (unpaired) electrons. The van der Waals surface area contributed by atoms with Crippen molar-refractivity contribution in [2.24, 2.45) is 0 Å². The molecule has 0 aromatic carbocycles. The number of nitrogens with one attached hydrogen (secondary N) is 1. The molecule has 100 valence electrons. The van der Waals surface area contributed by atoms with E-state index in [1.807, 2.05) is 6.26 Å². The van der Waals surface area contributed by atoms with Gasteiger partial charge in [0.1, 0.15) is 5.69 Å². The number of rotatable bonds is 7. The molecule has 1 unspecified atom stereocenters. The summed E-state index contributed by atoms with van der Waals surface area (Å²) in [6.07, 6.45) is 1.94. The zero-order chi connectivity index (χ0) is 13.6. The van der Waals surface area contributed by atoms with E-state index < -0.39 is 11.6 Å². The number of carbonyl (C=O) groups is 1. The van der Waals surface area contributed by atoms with E-state index in [1.54, 1.807) is 30.8 Å². The Balaban J connectivity index is 2.49. The molecule has 0 saturated carbocycles. The zero-order valence-corrected chi connectivity index (χ0v) is 11.3. The highest BCUT2D eigenvalue weighted by molar-refractivity contribution is 7.98. The zero-order valence-electron chi connectivity index (χ0n) is 10.5. The second kappa shape index (κ2) is 6.72. The summed E-state index contributed by atoms with van der Waals surface area (Å²) in [5.41, 5.74) is -0.0934. The lowest BCUT2D eigenvalue weighted by atomic mass is 10.1. The fraction of sp³-hybridized carbons (Fsp3) is 0.500. The summed E-state index contributed by atoms with van der Waals surface area (Å²) in [5, 5.41) is 21.8. The Hall–Kier alpha value is -1.11. The predicted molar refractivity (Wildman–Crippen MR) is 71.9 cm³/mol. The fourth-order valence-electron chi connectivity index (χ4n) is 1.52. The molecule has 0 bridgehead atoms. The number of thioether (sulfide) groups is 1. The normalized spacial score (nSPS) is 14.2. The Morgan fingerprint density at radius 3 is 2.89 bits per heavy atom. The van der Waals surface area contributed by atoms with Crippen molar-refractivity contribution >= 4 is 17.7 Å². The van der Waals surface area contributed by atoms with Crippen LogP contribution in [0.2, 0.25) is 0 Å². The number of aromatic nitrogens is 1. The Kier molecular flexibility index (Phi) is 5.58. The van der Waals surface area contributed by atoms with E-state index in [9.17, 15) is 9.90 Å². The van der Waals surface area contributed by atoms with Crippen molar-refractivity contribution in [2.45, 2.75) is 19.1 Å². The summed E-state index contributed by atoms with van der Waals surface area (Å²) in [6.45, 7) is 2.63. The molecule has 1 atom stereocenters. The van der Waals surface area contributed by atoms with Gasteiger partial charge in [-0.25, -0.2) is 9.78 Å². The third-order valence-corrected chi connectivity index (χ3v) is 3.20. The molecule has 6 heteroatoms. The Bertz CT molecular complexity index is 410. The Morgan fingerprint density at radius 2 is 2.28 bits per heavy atom. The van der Waals surface area contributed by atoms with Crippen molar-refractivity contribution in [3.63, 3.8) is 0 Å². The van der Waals surface area contributed by atoms with Gasteiger partial charge in [0.2, 0.25) is 0 Å². The fourth-order valence-corrected chi connectivity index (χ4v) is 2.24. The lowest BCUT2D eigenvalue weighted by molar-refractivity contribution is 0.0689. The SMILES string of the molecule is CSCC(C)(O)CNCc1cccc(C(=O)O)n1. The van der Waals surface area contributed by atoms with Gasteiger partial charge in [-0.05, 0) is 25.3 Å². The van der Waals surface area contributed by atoms with Gasteiger partial charge in [-0.15, -0.1) is 0 Å². The Labute approximate surface area is 111 Å². The summed E-state index contributed by atoms with van der Waals surface area (Å²) >= 11 is 1.58. The highest BCUT2D eigenvalue weighted by atomic mass is 32.2. The van der Waals surface area contributed by atoms with E-state index in [4.69, 9.17) is 5.11 Å². The van der Waals surface area contributed by atoms with Crippen LogP contribution in [-0.2, 0) is 6.54 Å². The van der Waals surface area contributed by atoms with Gasteiger partial charge < -0.3 is 15.5 Å². The maximum atomic E-state index is 10.7. The number of pyridine rings is 1. The first-order valence-electron chi connectivity index (χ1n) is 5.56. The van der Waals surface area contributed by atoms with Crippen molar-refractivity contribution in [1.29, 1.82) is 0 Å². The van der Waals surface area contributed by atoms with Gasteiger partial charge >= 0.3 is 5.97 Å². The van der Waals surface area contributed by atoms with Crippen molar-refractivity contribution in [3.05, 3.63) is 29.6 Å². The van der Waals surface area contributed by atoms with Crippen LogP contribution >= 0.6 is 11.8 Å². The highest BCUT2D eigenvalue weighted by Crippen LogP contribution is 2.09. The summed E-state index contributed by atoms with van der Waals surface area (Å²) in [5.74, 6) is -0.394. The van der Waals surface area contributed by atoms with Crippen LogP contribution in [0.25, 0.3) is 0 Å². The highest BCUT2D eigenvalue weighted by Gasteiger charge is 2.18. The number of aromatic carboxylic acids is 1. The quantitative estimate of drug-likeness (QED) is 0.685. The topological polar surface area (TPSA) is 82.5 Å². The Morgan fingerprint density at radius 1 is 1.56 bits per heavy atom. The predicted octanol–water partition coefficient (Wildman–Crippen LogP) is 0.983. The minimum Gasteiger partial charge on any atom is -0.477 e. The van der Waals surface area contributed by atoms with Crippen LogP contribution in [0.1, 0.15) is 23.1 Å². The molecule has 0 spiro atoms. The molecule has 0 aliphatic heterocycles. The van der Waals surface area contributed by atoms with Crippen molar-refractivity contribution in [2.75, 3.05) is 18.6 Å². The van der Waals surface area contributed by atoms with E-state index in [0.717, 1.165) is 0 Å². The molecule has 0 saturated heterocycles. The molecule has 0 aliphatic carbocycles. The molecule has 1 rings (SSSR count). The maximum Gasteiger partial charge on any atom is 0.354 e. The number of hydrogen-bond acceptors (Lipinski definition) is 5. The molecular weight excluding hydrogens is 252 g/mol. The number of carboxylic acids is 1. The second-order valence-electron chi connectivity index (χ2n) is 4.35. The monoisotopic (exact) mass is 270 g/mol. The first kappa shape index (κ1) is 14.9. The largest absolute Gasteiger partial charge is 0.477 e. The van der Waals surface area contributed by atoms with Gasteiger partial charge in [0, 0.05) is 18.8 Å². The van der Waals surface area contributed by atoms with E-state index in [1.165, 1.54) is 6.07 Å². The van der Waals surface area contributed by atoms with Gasteiger partial charge in [-0.1, -0.05) is 6.07 Å². The van der Waals surface area contributed by atoms with Crippen LogP contribution in [0.3, 0.4) is 0 Å². The van der Waals surface area contributed by atoms with Gasteiger partial charge in [0.25, 0.3) is 0 Å². The average Bonchev–Trinajstić information content (AvgIpc) is 2.29. The summed E-state index contributed by atoms with van der Waals surface area (Å²) in [4.78, 5) is 14.7. The van der Waals surface area contributed by atoms with E-state index in [2.05, 4.69) is 10.3 Å². The third-order valence-electron chi connectivity index (χ3n) is 2.29. The van der Waals surface area contributed by atoms with Gasteiger partial charge in [0.15, 0.2) is 0 Å². The second-order valence-corrected chi connectivity index (χ2v) is 5.22. The first-order valence-corrected chi connectivity index (χ1v) is 6.95. The summed E-state index contributed by atoms with van der Waals surface area (Å²) in [6, 6.07) is 4.87. The van der Waals surface area contributed by atoms with Crippen LogP contribution in [0.5, 0.6) is 0 Å². The third kappa shape index (κ3) is 5.03. The van der Waals surface area contributed by atoms with Crippen LogP contribution in [0.15, 0.2) is 18.2 Å². The number of nitrogens with zero attached hydrogens (tertiary/aromatic N) is 1. The van der Waals surface area contributed by atoms with E-state index in [0.29, 0.717) is 24.5 Å². The molecule has 0 aliphatic rings. The summed E-state index contributed by atoms with van der Waals surface area (Å²) < 4.78 is 0. The van der Waals surface area contributed by atoms with E-state index in [-0.39, 0.29) is 5.69 Å². The van der Waals surface area contributed by atoms with Crippen molar-refractivity contribution < 1.29 is 15.0 Å². The van der Waals surface area contributed by atoms with Crippen molar-refractivity contribution in [3.8, 4) is 0 Å².